The van der Waals surface area contributed by atoms with Gasteiger partial charge in [0.25, 0.3) is 0 Å². The van der Waals surface area contributed by atoms with E-state index in [9.17, 15) is 9.59 Å². The average molecular weight is 418 g/mol. The summed E-state index contributed by atoms with van der Waals surface area (Å²) in [5.41, 5.74) is 6.92. The lowest BCUT2D eigenvalue weighted by Crippen LogP contribution is -2.39. The van der Waals surface area contributed by atoms with Crippen molar-refractivity contribution in [3.05, 3.63) is 41.0 Å². The number of nitrogens with zero attached hydrogens (tertiary/aromatic N) is 3. The minimum absolute atomic E-state index is 0.130. The summed E-state index contributed by atoms with van der Waals surface area (Å²) < 4.78 is 5.05. The number of nitrogens with two attached hydrogens (primary N) is 1. The molecule has 0 radical (unpaired) electrons. The van der Waals surface area contributed by atoms with Gasteiger partial charge in [-0.25, -0.2) is 9.78 Å². The summed E-state index contributed by atoms with van der Waals surface area (Å²) in [4.78, 5) is 32.0. The molecule has 0 spiro atoms. The van der Waals surface area contributed by atoms with E-state index < -0.39 is 0 Å². The molecule has 3 N–H and O–H groups in total. The highest BCUT2D eigenvalue weighted by Crippen LogP contribution is 2.31. The van der Waals surface area contributed by atoms with E-state index >= 15 is 0 Å². The first kappa shape index (κ1) is 20.9. The highest BCUT2D eigenvalue weighted by molar-refractivity contribution is 6.34. The first-order chi connectivity index (χ1) is 13.9. The molecular weight excluding hydrogens is 394 g/mol. The molecule has 2 aliphatic rings. The molecule has 154 valence electrons. The van der Waals surface area contributed by atoms with Crippen LogP contribution in [-0.4, -0.2) is 28.1 Å². The number of esters is 1. The summed E-state index contributed by atoms with van der Waals surface area (Å²) >= 11 is 6.10. The number of carbonyl (C=O) groups excluding carboxylic acids is 2. The van der Waals surface area contributed by atoms with Gasteiger partial charge in [0.15, 0.2) is 0 Å². The number of anilines is 3. The van der Waals surface area contributed by atoms with E-state index in [0.717, 1.165) is 18.4 Å². The molecule has 2 aromatic rings. The average Bonchev–Trinajstić information content (AvgIpc) is 2.69. The maximum absolute atomic E-state index is 12.1. The van der Waals surface area contributed by atoms with Crippen LogP contribution in [0.3, 0.4) is 0 Å². The summed E-state index contributed by atoms with van der Waals surface area (Å²) in [6.45, 7) is 1.83. The molecule has 29 heavy (non-hydrogen) atoms. The zero-order chi connectivity index (χ0) is 20.8. The quantitative estimate of drug-likeness (QED) is 0.710. The molecule has 0 bridgehead atoms. The monoisotopic (exact) mass is 417 g/mol. The summed E-state index contributed by atoms with van der Waals surface area (Å²) in [6, 6.07) is 6.86. The van der Waals surface area contributed by atoms with Crippen molar-refractivity contribution in [1.82, 2.24) is 9.97 Å². The zero-order valence-corrected chi connectivity index (χ0v) is 17.0. The fraction of sp³-hybridized carbons (Fsp3) is 0.400. The molecule has 0 unspecified atom stereocenters. The van der Waals surface area contributed by atoms with Gasteiger partial charge in [-0.05, 0) is 37.8 Å². The fourth-order valence-electron chi connectivity index (χ4n) is 3.34. The molecule has 1 aliphatic carbocycles. The number of urea groups is 1. The molecule has 4 rings (SSSR count). The standard InChI is InChI=1S/C12H10ClN5O.C8H14O2/c13-8-3-1-2-4-9(8)18-6-7-5-15-11(14)16-10(7)17-12(18)19;1-7(9)10-8-5-3-2-4-6-8/h1-5H,6H2,(H3,14,15,16,17,19);8H,2-6H2,1H3. The minimum atomic E-state index is -0.293. The molecule has 1 aromatic carbocycles. The number of hydrogen-bond acceptors (Lipinski definition) is 6. The van der Waals surface area contributed by atoms with E-state index in [2.05, 4.69) is 15.3 Å². The van der Waals surface area contributed by atoms with E-state index in [-0.39, 0.29) is 24.1 Å². The number of hydrogen-bond donors (Lipinski definition) is 2. The van der Waals surface area contributed by atoms with E-state index in [1.807, 2.05) is 12.1 Å². The van der Waals surface area contributed by atoms with Crippen molar-refractivity contribution in [2.75, 3.05) is 16.0 Å². The Morgan fingerprint density at radius 1 is 1.28 bits per heavy atom. The maximum Gasteiger partial charge on any atom is 0.327 e. The molecule has 1 fully saturated rings. The Morgan fingerprint density at radius 3 is 2.69 bits per heavy atom. The second kappa shape index (κ2) is 9.56. The van der Waals surface area contributed by atoms with Gasteiger partial charge in [0.05, 0.1) is 17.3 Å². The predicted octanol–water partition coefficient (Wildman–Crippen LogP) is 4.15. The fourth-order valence-corrected chi connectivity index (χ4v) is 3.58. The van der Waals surface area contributed by atoms with Gasteiger partial charge in [-0.1, -0.05) is 30.2 Å². The number of benzene rings is 1. The molecule has 1 aromatic heterocycles. The maximum atomic E-state index is 12.1. The van der Waals surface area contributed by atoms with E-state index in [1.54, 1.807) is 18.3 Å². The van der Waals surface area contributed by atoms with Crippen LogP contribution >= 0.6 is 11.6 Å². The molecule has 0 atom stereocenters. The van der Waals surface area contributed by atoms with Crippen molar-refractivity contribution in [1.29, 1.82) is 0 Å². The molecule has 0 saturated heterocycles. The largest absolute Gasteiger partial charge is 0.463 e. The van der Waals surface area contributed by atoms with Crippen LogP contribution in [0, 0.1) is 0 Å². The van der Waals surface area contributed by atoms with Gasteiger partial charge >= 0.3 is 12.0 Å². The van der Waals surface area contributed by atoms with Crippen LogP contribution in [0.1, 0.15) is 44.6 Å². The van der Waals surface area contributed by atoms with E-state index in [1.165, 1.54) is 31.1 Å². The Balaban J connectivity index is 0.000000204. The highest BCUT2D eigenvalue weighted by atomic mass is 35.5. The summed E-state index contributed by atoms with van der Waals surface area (Å²) in [6.07, 6.45) is 7.71. The Bertz CT molecular complexity index is 886. The number of ether oxygens (including phenoxy) is 1. The first-order valence-electron chi connectivity index (χ1n) is 9.55. The van der Waals surface area contributed by atoms with Crippen molar-refractivity contribution in [3.8, 4) is 0 Å². The number of para-hydroxylation sites is 1. The SMILES string of the molecule is CC(=O)OC1CCCCC1.Nc1ncc2c(n1)NC(=O)N(c1ccccc1Cl)C2. The van der Waals surface area contributed by atoms with Crippen molar-refractivity contribution >= 4 is 41.1 Å². The molecule has 2 heterocycles. The Morgan fingerprint density at radius 2 is 2.00 bits per heavy atom. The van der Waals surface area contributed by atoms with Gasteiger partial charge in [0.1, 0.15) is 11.9 Å². The van der Waals surface area contributed by atoms with Crippen molar-refractivity contribution in [2.45, 2.75) is 51.7 Å². The smallest absolute Gasteiger partial charge is 0.327 e. The van der Waals surface area contributed by atoms with Crippen LogP contribution in [0.25, 0.3) is 0 Å². The molecule has 9 heteroatoms. The van der Waals surface area contributed by atoms with Crippen molar-refractivity contribution < 1.29 is 14.3 Å². The van der Waals surface area contributed by atoms with Crippen LogP contribution < -0.4 is 16.0 Å². The summed E-state index contributed by atoms with van der Waals surface area (Å²) in [7, 11) is 0. The van der Waals surface area contributed by atoms with Gasteiger partial charge in [0.2, 0.25) is 5.95 Å². The molecule has 1 aliphatic heterocycles. The van der Waals surface area contributed by atoms with Gasteiger partial charge < -0.3 is 10.5 Å². The molecule has 2 amide bonds. The first-order valence-corrected chi connectivity index (χ1v) is 9.93. The van der Waals surface area contributed by atoms with Gasteiger partial charge in [-0.15, -0.1) is 0 Å². The lowest BCUT2D eigenvalue weighted by atomic mass is 9.98. The summed E-state index contributed by atoms with van der Waals surface area (Å²) in [5, 5.41) is 3.19. The number of aromatic nitrogens is 2. The third kappa shape index (κ3) is 5.57. The highest BCUT2D eigenvalue weighted by Gasteiger charge is 2.26. The molecular formula is C20H24ClN5O3. The summed E-state index contributed by atoms with van der Waals surface area (Å²) in [5.74, 6) is 0.443. The Kier molecular flexibility index (Phi) is 6.87. The third-order valence-corrected chi connectivity index (χ3v) is 5.03. The van der Waals surface area contributed by atoms with Crippen LogP contribution in [-0.2, 0) is 16.1 Å². The third-order valence-electron chi connectivity index (χ3n) is 4.71. The lowest BCUT2D eigenvalue weighted by Gasteiger charge is -2.29. The number of nitrogen functional groups attached to an aromatic ring is 1. The second-order valence-corrected chi connectivity index (χ2v) is 7.35. The number of fused-ring (bicyclic) bond motifs is 1. The molecule has 8 nitrogen and oxygen atoms in total. The normalized spacial score (nSPS) is 16.2. The number of carbonyl (C=O) groups is 2. The topological polar surface area (TPSA) is 110 Å². The Hall–Kier alpha value is -2.87. The van der Waals surface area contributed by atoms with Crippen LogP contribution in [0.5, 0.6) is 0 Å². The lowest BCUT2D eigenvalue weighted by molar-refractivity contribution is -0.147. The van der Waals surface area contributed by atoms with Gasteiger partial charge in [0, 0.05) is 18.7 Å². The van der Waals surface area contributed by atoms with Gasteiger partial charge in [-0.3, -0.25) is 15.0 Å². The van der Waals surface area contributed by atoms with Crippen LogP contribution in [0.2, 0.25) is 5.02 Å². The number of halogens is 1. The predicted molar refractivity (Wildman–Crippen MR) is 112 cm³/mol. The second-order valence-electron chi connectivity index (χ2n) is 6.94. The Labute approximate surface area is 174 Å². The molecule has 1 saturated carbocycles. The zero-order valence-electron chi connectivity index (χ0n) is 16.2. The van der Waals surface area contributed by atoms with Gasteiger partial charge in [-0.2, -0.15) is 4.98 Å². The van der Waals surface area contributed by atoms with Crippen LogP contribution in [0.4, 0.5) is 22.2 Å². The number of nitrogens with one attached hydrogen (secondary N) is 1. The van der Waals surface area contributed by atoms with E-state index in [4.69, 9.17) is 22.1 Å². The van der Waals surface area contributed by atoms with E-state index in [0.29, 0.717) is 23.1 Å². The van der Waals surface area contributed by atoms with Crippen molar-refractivity contribution in [3.63, 3.8) is 0 Å². The van der Waals surface area contributed by atoms with Crippen LogP contribution in [0.15, 0.2) is 30.5 Å². The number of amides is 2. The number of rotatable bonds is 2. The minimum Gasteiger partial charge on any atom is -0.463 e. The van der Waals surface area contributed by atoms with Crippen molar-refractivity contribution in [2.24, 2.45) is 0 Å².